The van der Waals surface area contributed by atoms with Crippen molar-refractivity contribution < 1.29 is 0 Å². The Morgan fingerprint density at radius 1 is 1.28 bits per heavy atom. The highest BCUT2D eigenvalue weighted by molar-refractivity contribution is 7.15. The average molecular weight is 265 g/mol. The fourth-order valence-electron chi connectivity index (χ4n) is 3.07. The Hall–Kier alpha value is -0.610. The van der Waals surface area contributed by atoms with Crippen LogP contribution in [0.2, 0.25) is 0 Å². The molecule has 1 fully saturated rings. The quantitative estimate of drug-likeness (QED) is 0.910. The van der Waals surface area contributed by atoms with Gasteiger partial charge >= 0.3 is 0 Å². The monoisotopic (exact) mass is 265 g/mol. The van der Waals surface area contributed by atoms with Crippen LogP contribution in [-0.4, -0.2) is 24.6 Å². The number of rotatable bonds is 3. The maximum atomic E-state index is 4.91. The van der Waals surface area contributed by atoms with E-state index >= 15 is 0 Å². The lowest BCUT2D eigenvalue weighted by Crippen LogP contribution is -2.29. The van der Waals surface area contributed by atoms with Crippen LogP contribution in [0.4, 0.5) is 5.13 Å². The van der Waals surface area contributed by atoms with Crippen molar-refractivity contribution in [3.8, 4) is 0 Å². The van der Waals surface area contributed by atoms with Crippen LogP contribution in [0, 0.1) is 0 Å². The second-order valence-electron chi connectivity index (χ2n) is 5.36. The van der Waals surface area contributed by atoms with E-state index in [4.69, 9.17) is 4.98 Å². The highest BCUT2D eigenvalue weighted by atomic mass is 32.1. The fraction of sp³-hybridized carbons (Fsp3) is 0.786. The Balaban J connectivity index is 1.81. The van der Waals surface area contributed by atoms with Crippen LogP contribution < -0.4 is 10.2 Å². The molecule has 2 aliphatic rings. The summed E-state index contributed by atoms with van der Waals surface area (Å²) in [5.74, 6) is 0. The maximum Gasteiger partial charge on any atom is 0.185 e. The first-order chi connectivity index (χ1) is 8.88. The number of aromatic nitrogens is 1. The van der Waals surface area contributed by atoms with E-state index in [0.29, 0.717) is 6.04 Å². The molecule has 3 nitrogen and oxygen atoms in total. The van der Waals surface area contributed by atoms with E-state index < -0.39 is 0 Å². The standard InChI is InChI=1S/C14H23N3S/c1-2-15-11-7-6-8-12-13(11)18-14(16-12)17-9-4-3-5-10-17/h11,15H,2-10H2,1H3. The van der Waals surface area contributed by atoms with E-state index in [9.17, 15) is 0 Å². The Bertz CT molecular complexity index is 396. The molecule has 0 bridgehead atoms. The molecule has 1 N–H and O–H groups in total. The molecule has 0 radical (unpaired) electrons. The number of hydrogen-bond donors (Lipinski definition) is 1. The van der Waals surface area contributed by atoms with Gasteiger partial charge in [-0.2, -0.15) is 0 Å². The predicted octanol–water partition coefficient (Wildman–Crippen LogP) is 3.12. The summed E-state index contributed by atoms with van der Waals surface area (Å²) in [6, 6.07) is 0.565. The van der Waals surface area contributed by atoms with Crippen molar-refractivity contribution in [1.29, 1.82) is 0 Å². The molecule has 1 unspecified atom stereocenters. The van der Waals surface area contributed by atoms with E-state index in [2.05, 4.69) is 17.1 Å². The molecular formula is C14H23N3S. The van der Waals surface area contributed by atoms with Gasteiger partial charge in [0.25, 0.3) is 0 Å². The first-order valence-corrected chi connectivity index (χ1v) is 8.18. The Labute approximate surface area is 114 Å². The minimum atomic E-state index is 0.565. The van der Waals surface area contributed by atoms with E-state index in [1.54, 1.807) is 0 Å². The average Bonchev–Trinajstić information content (AvgIpc) is 2.85. The third kappa shape index (κ3) is 2.41. The van der Waals surface area contributed by atoms with Crippen LogP contribution >= 0.6 is 11.3 Å². The van der Waals surface area contributed by atoms with Gasteiger partial charge in [-0.05, 0) is 45.1 Å². The van der Waals surface area contributed by atoms with E-state index in [1.165, 1.54) is 67.3 Å². The van der Waals surface area contributed by atoms with Gasteiger partial charge < -0.3 is 10.2 Å². The molecule has 100 valence electrons. The predicted molar refractivity (Wildman–Crippen MR) is 77.5 cm³/mol. The molecule has 1 aromatic heterocycles. The first-order valence-electron chi connectivity index (χ1n) is 7.36. The van der Waals surface area contributed by atoms with Crippen LogP contribution in [0.5, 0.6) is 0 Å². The summed E-state index contributed by atoms with van der Waals surface area (Å²) in [6.45, 7) is 5.67. The molecule has 0 saturated carbocycles. The summed E-state index contributed by atoms with van der Waals surface area (Å²) < 4.78 is 0. The van der Waals surface area contributed by atoms with Crippen molar-refractivity contribution >= 4 is 16.5 Å². The highest BCUT2D eigenvalue weighted by Crippen LogP contribution is 2.38. The zero-order chi connectivity index (χ0) is 12.4. The summed E-state index contributed by atoms with van der Waals surface area (Å²) in [5, 5.41) is 4.89. The molecule has 1 aromatic rings. The summed E-state index contributed by atoms with van der Waals surface area (Å²) >= 11 is 1.94. The number of hydrogen-bond acceptors (Lipinski definition) is 4. The molecule has 4 heteroatoms. The Morgan fingerprint density at radius 3 is 2.89 bits per heavy atom. The van der Waals surface area contributed by atoms with Crippen LogP contribution in [0.3, 0.4) is 0 Å². The molecule has 3 rings (SSSR count). The van der Waals surface area contributed by atoms with Crippen molar-refractivity contribution in [2.75, 3.05) is 24.5 Å². The molecule has 0 spiro atoms. The molecule has 0 aromatic carbocycles. The highest BCUT2D eigenvalue weighted by Gasteiger charge is 2.25. The minimum Gasteiger partial charge on any atom is -0.348 e. The van der Waals surface area contributed by atoms with Crippen LogP contribution in [-0.2, 0) is 6.42 Å². The number of nitrogens with zero attached hydrogens (tertiary/aromatic N) is 2. The summed E-state index contributed by atoms with van der Waals surface area (Å²) in [4.78, 5) is 8.92. The largest absolute Gasteiger partial charge is 0.348 e. The van der Waals surface area contributed by atoms with Crippen LogP contribution in [0.25, 0.3) is 0 Å². The zero-order valence-corrected chi connectivity index (χ0v) is 12.1. The topological polar surface area (TPSA) is 28.2 Å². The van der Waals surface area contributed by atoms with Crippen molar-refractivity contribution in [2.24, 2.45) is 0 Å². The van der Waals surface area contributed by atoms with E-state index in [0.717, 1.165) is 6.54 Å². The third-order valence-electron chi connectivity index (χ3n) is 4.02. The lowest BCUT2D eigenvalue weighted by atomic mass is 9.98. The molecule has 2 heterocycles. The summed E-state index contributed by atoms with van der Waals surface area (Å²) in [7, 11) is 0. The van der Waals surface area contributed by atoms with Gasteiger partial charge in [-0.15, -0.1) is 0 Å². The second-order valence-corrected chi connectivity index (χ2v) is 6.37. The van der Waals surface area contributed by atoms with Gasteiger partial charge in [-0.3, -0.25) is 0 Å². The fourth-order valence-corrected chi connectivity index (χ4v) is 4.34. The van der Waals surface area contributed by atoms with Gasteiger partial charge in [-0.25, -0.2) is 4.98 Å². The normalized spacial score (nSPS) is 24.1. The number of nitrogens with one attached hydrogen (secondary N) is 1. The molecular weight excluding hydrogens is 242 g/mol. The second kappa shape index (κ2) is 5.57. The van der Waals surface area contributed by atoms with Gasteiger partial charge in [0.2, 0.25) is 0 Å². The smallest absolute Gasteiger partial charge is 0.185 e. The van der Waals surface area contributed by atoms with Crippen molar-refractivity contribution in [2.45, 2.75) is 51.5 Å². The van der Waals surface area contributed by atoms with Crippen molar-refractivity contribution in [3.05, 3.63) is 10.6 Å². The molecule has 18 heavy (non-hydrogen) atoms. The molecule has 1 saturated heterocycles. The molecule has 1 aliphatic heterocycles. The number of thiazole rings is 1. The lowest BCUT2D eigenvalue weighted by molar-refractivity contribution is 0.476. The summed E-state index contributed by atoms with van der Waals surface area (Å²) in [6.07, 6.45) is 7.81. The number of aryl methyl sites for hydroxylation is 1. The number of piperidine rings is 1. The van der Waals surface area contributed by atoms with Crippen LogP contribution in [0.15, 0.2) is 0 Å². The van der Waals surface area contributed by atoms with Gasteiger partial charge in [0.1, 0.15) is 0 Å². The lowest BCUT2D eigenvalue weighted by Gasteiger charge is -2.25. The van der Waals surface area contributed by atoms with Gasteiger partial charge in [0, 0.05) is 24.0 Å². The molecule has 0 amide bonds. The Morgan fingerprint density at radius 2 is 2.11 bits per heavy atom. The van der Waals surface area contributed by atoms with Gasteiger partial charge in [0.05, 0.1) is 5.69 Å². The maximum absolute atomic E-state index is 4.91. The van der Waals surface area contributed by atoms with E-state index in [1.807, 2.05) is 11.3 Å². The summed E-state index contributed by atoms with van der Waals surface area (Å²) in [5.41, 5.74) is 1.37. The SMILES string of the molecule is CCNC1CCCc2nc(N3CCCCC3)sc21. The van der Waals surface area contributed by atoms with Crippen molar-refractivity contribution in [3.63, 3.8) is 0 Å². The van der Waals surface area contributed by atoms with Gasteiger partial charge in [0.15, 0.2) is 5.13 Å². The third-order valence-corrected chi connectivity index (χ3v) is 5.29. The molecule has 1 aliphatic carbocycles. The van der Waals surface area contributed by atoms with Crippen molar-refractivity contribution in [1.82, 2.24) is 10.3 Å². The number of anilines is 1. The minimum absolute atomic E-state index is 0.565. The number of fused-ring (bicyclic) bond motifs is 1. The van der Waals surface area contributed by atoms with Gasteiger partial charge in [-0.1, -0.05) is 18.3 Å². The van der Waals surface area contributed by atoms with Crippen LogP contribution in [0.1, 0.15) is 55.6 Å². The first kappa shape index (κ1) is 12.4. The molecule has 1 atom stereocenters. The Kier molecular flexibility index (Phi) is 3.85. The zero-order valence-electron chi connectivity index (χ0n) is 11.2. The van der Waals surface area contributed by atoms with E-state index in [-0.39, 0.29) is 0 Å².